The quantitative estimate of drug-likeness (QED) is 0.235. The molecular formula is C32H32FN7O3. The molecule has 43 heavy (non-hydrogen) atoms. The van der Waals surface area contributed by atoms with Gasteiger partial charge in [0.25, 0.3) is 0 Å². The molecule has 1 aliphatic rings. The van der Waals surface area contributed by atoms with Crippen molar-refractivity contribution in [3.63, 3.8) is 0 Å². The zero-order chi connectivity index (χ0) is 29.8. The Morgan fingerprint density at radius 1 is 1.00 bits per heavy atom. The molecule has 11 heteroatoms. The van der Waals surface area contributed by atoms with E-state index in [0.29, 0.717) is 44.0 Å². The summed E-state index contributed by atoms with van der Waals surface area (Å²) in [4.78, 5) is 14.0. The first-order valence-electron chi connectivity index (χ1n) is 14.0. The standard InChI is InChI=1S/C32H32FN7O3/c1-22-13-14-36-39(22)21-29-20-38(32(41)43-29)26-9-12-30(31(33)15-26)25-7-3-23(4-8-25)16-34-17-27-18-35-37-40(27)19-24-5-10-28(42-2)11-6-24/h3-15,18,29,34H,16-17,19-21H2,1-2H3/t29-/m1/s1. The number of aryl methyl sites for hydroxylation is 1. The minimum Gasteiger partial charge on any atom is -0.497 e. The van der Waals surface area contributed by atoms with E-state index in [9.17, 15) is 4.79 Å². The summed E-state index contributed by atoms with van der Waals surface area (Å²) in [6.07, 6.45) is 2.62. The molecule has 2 aromatic heterocycles. The van der Waals surface area contributed by atoms with Gasteiger partial charge in [0.1, 0.15) is 17.7 Å². The number of amides is 1. The number of hydrogen-bond acceptors (Lipinski definition) is 7. The van der Waals surface area contributed by atoms with E-state index in [1.165, 1.54) is 11.0 Å². The third-order valence-corrected chi connectivity index (χ3v) is 7.53. The summed E-state index contributed by atoms with van der Waals surface area (Å²) < 4.78 is 29.6. The van der Waals surface area contributed by atoms with Gasteiger partial charge in [-0.3, -0.25) is 9.58 Å². The van der Waals surface area contributed by atoms with Gasteiger partial charge in [-0.25, -0.2) is 13.9 Å². The molecule has 1 N–H and O–H groups in total. The number of anilines is 1. The SMILES string of the molecule is COc1ccc(Cn2nncc2CNCc2ccc(-c3ccc(N4C[C@H](Cn5nccc5C)OC4=O)cc3F)cc2)cc1. The van der Waals surface area contributed by atoms with Crippen LogP contribution < -0.4 is 15.0 Å². The second kappa shape index (κ2) is 12.5. The van der Waals surface area contributed by atoms with Crippen LogP contribution in [0.5, 0.6) is 5.75 Å². The van der Waals surface area contributed by atoms with Crippen molar-refractivity contribution in [3.05, 3.63) is 114 Å². The number of hydrogen-bond donors (Lipinski definition) is 1. The Morgan fingerprint density at radius 3 is 2.51 bits per heavy atom. The molecule has 0 saturated carbocycles. The Balaban J connectivity index is 1.04. The van der Waals surface area contributed by atoms with Gasteiger partial charge in [0, 0.05) is 30.5 Å². The normalized spacial score (nSPS) is 14.7. The summed E-state index contributed by atoms with van der Waals surface area (Å²) in [5.41, 5.74) is 5.81. The molecule has 3 heterocycles. The van der Waals surface area contributed by atoms with Crippen LogP contribution in [0.25, 0.3) is 11.1 Å². The van der Waals surface area contributed by atoms with Crippen LogP contribution in [0, 0.1) is 12.7 Å². The highest BCUT2D eigenvalue weighted by atomic mass is 19.1. The molecule has 1 fully saturated rings. The van der Waals surface area contributed by atoms with Gasteiger partial charge in [-0.2, -0.15) is 5.10 Å². The van der Waals surface area contributed by atoms with E-state index in [1.54, 1.807) is 36.3 Å². The molecule has 1 amide bonds. The number of aromatic nitrogens is 5. The number of carbonyl (C=O) groups excluding carboxylic acids is 1. The minimum absolute atomic E-state index is 0.330. The van der Waals surface area contributed by atoms with Gasteiger partial charge in [-0.15, -0.1) is 5.10 Å². The van der Waals surface area contributed by atoms with E-state index in [1.807, 2.05) is 66.2 Å². The summed E-state index contributed by atoms with van der Waals surface area (Å²) in [5, 5.41) is 16.0. The number of halogens is 1. The Kier molecular flexibility index (Phi) is 8.14. The van der Waals surface area contributed by atoms with Gasteiger partial charge in [-0.1, -0.05) is 41.6 Å². The molecule has 5 aromatic rings. The first kappa shape index (κ1) is 28.1. The second-order valence-electron chi connectivity index (χ2n) is 10.5. The zero-order valence-electron chi connectivity index (χ0n) is 24.0. The minimum atomic E-state index is -0.488. The van der Waals surface area contributed by atoms with E-state index in [4.69, 9.17) is 9.47 Å². The lowest BCUT2D eigenvalue weighted by Gasteiger charge is -2.15. The van der Waals surface area contributed by atoms with E-state index in [-0.39, 0.29) is 6.10 Å². The second-order valence-corrected chi connectivity index (χ2v) is 10.5. The number of benzene rings is 3. The number of methoxy groups -OCH3 is 1. The molecule has 10 nitrogen and oxygen atoms in total. The lowest BCUT2D eigenvalue weighted by atomic mass is 10.0. The highest BCUT2D eigenvalue weighted by molar-refractivity contribution is 5.90. The van der Waals surface area contributed by atoms with E-state index >= 15 is 4.39 Å². The van der Waals surface area contributed by atoms with Gasteiger partial charge in [0.2, 0.25) is 0 Å². The van der Waals surface area contributed by atoms with Gasteiger partial charge in [-0.05, 0) is 60.0 Å². The highest BCUT2D eigenvalue weighted by Crippen LogP contribution is 2.29. The Hall–Kier alpha value is -5.03. The summed E-state index contributed by atoms with van der Waals surface area (Å²) in [5.74, 6) is 0.412. The predicted molar refractivity (Wildman–Crippen MR) is 159 cm³/mol. The molecule has 1 saturated heterocycles. The van der Waals surface area contributed by atoms with Crippen LogP contribution in [0.2, 0.25) is 0 Å². The lowest BCUT2D eigenvalue weighted by Crippen LogP contribution is -2.26. The maximum atomic E-state index is 15.2. The molecule has 3 aromatic carbocycles. The third kappa shape index (κ3) is 6.41. The largest absolute Gasteiger partial charge is 0.497 e. The number of carbonyl (C=O) groups is 1. The van der Waals surface area contributed by atoms with E-state index < -0.39 is 11.9 Å². The monoisotopic (exact) mass is 581 g/mol. The van der Waals surface area contributed by atoms with Gasteiger partial charge >= 0.3 is 6.09 Å². The summed E-state index contributed by atoms with van der Waals surface area (Å²) >= 11 is 0. The van der Waals surface area contributed by atoms with Crippen molar-refractivity contribution < 1.29 is 18.7 Å². The topological polar surface area (TPSA) is 99.3 Å². The Morgan fingerprint density at radius 2 is 1.79 bits per heavy atom. The Bertz CT molecular complexity index is 1700. The van der Waals surface area contributed by atoms with Crippen LogP contribution in [-0.2, 0) is 30.9 Å². The van der Waals surface area contributed by atoms with Crippen LogP contribution in [0.3, 0.4) is 0 Å². The maximum absolute atomic E-state index is 15.2. The fraction of sp³-hybridized carbons (Fsp3) is 0.250. The van der Waals surface area contributed by atoms with Crippen LogP contribution in [0.4, 0.5) is 14.9 Å². The van der Waals surface area contributed by atoms with Crippen molar-refractivity contribution in [1.29, 1.82) is 0 Å². The number of nitrogens with one attached hydrogen (secondary N) is 1. The molecule has 0 aliphatic carbocycles. The summed E-state index contributed by atoms with van der Waals surface area (Å²) in [6, 6.07) is 22.4. The molecule has 1 aliphatic heterocycles. The van der Waals surface area contributed by atoms with Crippen molar-refractivity contribution in [1.82, 2.24) is 30.1 Å². The number of rotatable bonds is 11. The van der Waals surface area contributed by atoms with E-state index in [2.05, 4.69) is 20.7 Å². The molecule has 1 atom stereocenters. The first-order valence-corrected chi connectivity index (χ1v) is 14.0. The number of cyclic esters (lactones) is 1. The van der Waals surface area contributed by atoms with Crippen LogP contribution in [-0.4, -0.2) is 50.6 Å². The average molecular weight is 582 g/mol. The summed E-state index contributed by atoms with van der Waals surface area (Å²) in [6.45, 7) is 4.57. The molecule has 0 radical (unpaired) electrons. The van der Waals surface area contributed by atoms with Gasteiger partial charge in [0.15, 0.2) is 0 Å². The average Bonchev–Trinajstić information content (AvgIpc) is 3.74. The van der Waals surface area contributed by atoms with Crippen molar-refractivity contribution >= 4 is 11.8 Å². The fourth-order valence-corrected chi connectivity index (χ4v) is 5.11. The molecule has 6 rings (SSSR count). The Labute approximate surface area is 248 Å². The van der Waals surface area contributed by atoms with Gasteiger partial charge < -0.3 is 14.8 Å². The van der Waals surface area contributed by atoms with Crippen molar-refractivity contribution in [2.75, 3.05) is 18.6 Å². The van der Waals surface area contributed by atoms with E-state index in [0.717, 1.165) is 33.8 Å². The molecule has 0 bridgehead atoms. The van der Waals surface area contributed by atoms with Crippen molar-refractivity contribution in [3.8, 4) is 16.9 Å². The zero-order valence-corrected chi connectivity index (χ0v) is 24.0. The predicted octanol–water partition coefficient (Wildman–Crippen LogP) is 4.96. The highest BCUT2D eigenvalue weighted by Gasteiger charge is 2.33. The third-order valence-electron chi connectivity index (χ3n) is 7.53. The number of nitrogens with zero attached hydrogens (tertiary/aromatic N) is 6. The van der Waals surface area contributed by atoms with Crippen molar-refractivity contribution in [2.45, 2.75) is 39.2 Å². The maximum Gasteiger partial charge on any atom is 0.414 e. The van der Waals surface area contributed by atoms with Crippen LogP contribution in [0.1, 0.15) is 22.5 Å². The van der Waals surface area contributed by atoms with Crippen LogP contribution >= 0.6 is 0 Å². The van der Waals surface area contributed by atoms with Gasteiger partial charge in [0.05, 0.1) is 44.3 Å². The lowest BCUT2D eigenvalue weighted by molar-refractivity contribution is 0.129. The first-order chi connectivity index (χ1) is 21.0. The molecule has 0 unspecified atom stereocenters. The number of ether oxygens (including phenoxy) is 2. The fourth-order valence-electron chi connectivity index (χ4n) is 5.11. The molecule has 0 spiro atoms. The van der Waals surface area contributed by atoms with Crippen LogP contribution in [0.15, 0.2) is 85.2 Å². The summed E-state index contributed by atoms with van der Waals surface area (Å²) in [7, 11) is 1.65. The smallest absolute Gasteiger partial charge is 0.414 e. The molecule has 220 valence electrons. The van der Waals surface area contributed by atoms with Crippen molar-refractivity contribution in [2.24, 2.45) is 0 Å². The molecular weight excluding hydrogens is 549 g/mol.